The van der Waals surface area contributed by atoms with Crippen molar-refractivity contribution in [1.82, 2.24) is 10.2 Å². The summed E-state index contributed by atoms with van der Waals surface area (Å²) in [5.41, 5.74) is 0.890. The Labute approximate surface area is 170 Å². The van der Waals surface area contributed by atoms with Crippen molar-refractivity contribution in [3.63, 3.8) is 0 Å². The third kappa shape index (κ3) is 4.12. The van der Waals surface area contributed by atoms with Crippen LogP contribution in [-0.2, 0) is 16.0 Å². The van der Waals surface area contributed by atoms with E-state index in [4.69, 9.17) is 16.0 Å². The van der Waals surface area contributed by atoms with E-state index in [0.29, 0.717) is 6.54 Å². The highest BCUT2D eigenvalue weighted by atomic mass is 35.5. The maximum absolute atomic E-state index is 13.8. The van der Waals surface area contributed by atoms with Crippen molar-refractivity contribution in [1.29, 1.82) is 0 Å². The topological polar surface area (TPSA) is 88.3 Å². The van der Waals surface area contributed by atoms with Crippen molar-refractivity contribution in [3.8, 4) is 0 Å². The predicted molar refractivity (Wildman–Crippen MR) is 104 cm³/mol. The van der Waals surface area contributed by atoms with E-state index in [9.17, 15) is 14.0 Å². The van der Waals surface area contributed by atoms with Gasteiger partial charge in [-0.1, -0.05) is 41.0 Å². The summed E-state index contributed by atoms with van der Waals surface area (Å²) in [6, 6.07) is 13.4. The van der Waals surface area contributed by atoms with Crippen LogP contribution in [0.1, 0.15) is 23.8 Å². The number of benzene rings is 2. The Kier molecular flexibility index (Phi) is 5.26. The normalized spacial score (nSPS) is 16.3. The van der Waals surface area contributed by atoms with Gasteiger partial charge in [0.05, 0.1) is 12.3 Å². The quantitative estimate of drug-likeness (QED) is 0.689. The first-order valence-corrected chi connectivity index (χ1v) is 9.30. The molecular weight excluding hydrogens is 399 g/mol. The Hall–Kier alpha value is -3.26. The lowest BCUT2D eigenvalue weighted by Crippen LogP contribution is -2.24. The number of carbonyl (C=O) groups is 2. The van der Waals surface area contributed by atoms with Gasteiger partial charge < -0.3 is 9.32 Å². The molecule has 1 atom stereocenters. The number of halogens is 2. The van der Waals surface area contributed by atoms with Crippen LogP contribution in [0.15, 0.2) is 52.9 Å². The van der Waals surface area contributed by atoms with E-state index in [0.717, 1.165) is 5.69 Å². The van der Waals surface area contributed by atoms with Crippen LogP contribution >= 0.6 is 11.6 Å². The van der Waals surface area contributed by atoms with Crippen LogP contribution in [0, 0.1) is 5.82 Å². The number of nitrogens with one attached hydrogen (secondary N) is 1. The number of nitrogens with zero attached hydrogens (tertiary/aromatic N) is 3. The fraction of sp³-hybridized carbons (Fsp3) is 0.200. The fourth-order valence-electron chi connectivity index (χ4n) is 3.21. The Morgan fingerprint density at radius 1 is 1.21 bits per heavy atom. The molecule has 0 bridgehead atoms. The summed E-state index contributed by atoms with van der Waals surface area (Å²) in [6.45, 7) is 0.406. The van der Waals surface area contributed by atoms with Gasteiger partial charge in [0.15, 0.2) is 0 Å². The van der Waals surface area contributed by atoms with Gasteiger partial charge in [-0.25, -0.2) is 4.39 Å². The number of hydrogen-bond acceptors (Lipinski definition) is 5. The largest absolute Gasteiger partial charge is 0.407 e. The highest BCUT2D eigenvalue weighted by molar-refractivity contribution is 6.31. The Morgan fingerprint density at radius 2 is 2.00 bits per heavy atom. The minimum absolute atomic E-state index is 0.0424. The van der Waals surface area contributed by atoms with Gasteiger partial charge in [-0.2, -0.15) is 0 Å². The van der Waals surface area contributed by atoms with Crippen LogP contribution in [0.2, 0.25) is 5.02 Å². The molecule has 0 aliphatic carbocycles. The molecule has 3 aromatic rings. The van der Waals surface area contributed by atoms with Crippen molar-refractivity contribution < 1.29 is 18.4 Å². The maximum atomic E-state index is 13.8. The molecule has 0 unspecified atom stereocenters. The van der Waals surface area contributed by atoms with E-state index >= 15 is 0 Å². The Morgan fingerprint density at radius 3 is 2.76 bits per heavy atom. The van der Waals surface area contributed by atoms with Crippen LogP contribution < -0.4 is 10.2 Å². The SMILES string of the molecule is O=C(Cc1c(F)cccc1Cl)Nc1nnc([C@H]2CC(=O)N(c3ccccc3)C2)o1. The molecule has 1 aliphatic heterocycles. The summed E-state index contributed by atoms with van der Waals surface area (Å²) in [7, 11) is 0. The average Bonchev–Trinajstić information content (AvgIpc) is 3.32. The minimum Gasteiger partial charge on any atom is -0.407 e. The van der Waals surface area contributed by atoms with Gasteiger partial charge in [0.2, 0.25) is 17.7 Å². The highest BCUT2D eigenvalue weighted by Gasteiger charge is 2.35. The molecule has 0 radical (unpaired) electrons. The van der Waals surface area contributed by atoms with Crippen LogP contribution in [0.25, 0.3) is 0 Å². The molecule has 0 spiro atoms. The van der Waals surface area contributed by atoms with Crippen molar-refractivity contribution >= 4 is 35.1 Å². The number of aromatic nitrogens is 2. The summed E-state index contributed by atoms with van der Waals surface area (Å²) in [5.74, 6) is -1.16. The van der Waals surface area contributed by atoms with Crippen LogP contribution in [0.4, 0.5) is 16.1 Å². The molecule has 1 aromatic heterocycles. The van der Waals surface area contributed by atoms with Crippen molar-refractivity contribution in [3.05, 3.63) is 70.8 Å². The molecule has 2 aromatic carbocycles. The number of carbonyl (C=O) groups excluding carboxylic acids is 2. The number of hydrogen-bond donors (Lipinski definition) is 1. The summed E-state index contributed by atoms with van der Waals surface area (Å²) < 4.78 is 19.3. The first-order valence-electron chi connectivity index (χ1n) is 8.93. The number of rotatable bonds is 5. The molecule has 1 aliphatic rings. The molecule has 0 saturated carbocycles. The summed E-state index contributed by atoms with van der Waals surface area (Å²) in [4.78, 5) is 26.2. The third-order valence-corrected chi connectivity index (χ3v) is 4.98. The first-order chi connectivity index (χ1) is 14.0. The molecule has 29 heavy (non-hydrogen) atoms. The third-order valence-electron chi connectivity index (χ3n) is 4.63. The van der Waals surface area contributed by atoms with Gasteiger partial charge in [-0.15, -0.1) is 5.10 Å². The predicted octanol–water partition coefficient (Wildman–Crippen LogP) is 3.56. The van der Waals surface area contributed by atoms with Gasteiger partial charge in [0, 0.05) is 29.2 Å². The van der Waals surface area contributed by atoms with E-state index in [-0.39, 0.29) is 47.2 Å². The van der Waals surface area contributed by atoms with Gasteiger partial charge in [-0.05, 0) is 24.3 Å². The van der Waals surface area contributed by atoms with Crippen molar-refractivity contribution in [2.24, 2.45) is 0 Å². The zero-order chi connectivity index (χ0) is 20.4. The number of anilines is 2. The van der Waals surface area contributed by atoms with Crippen molar-refractivity contribution in [2.75, 3.05) is 16.8 Å². The second kappa shape index (κ2) is 8.00. The van der Waals surface area contributed by atoms with E-state index in [1.165, 1.54) is 18.2 Å². The van der Waals surface area contributed by atoms with E-state index in [2.05, 4.69) is 15.5 Å². The molecule has 4 rings (SSSR count). The summed E-state index contributed by atoms with van der Waals surface area (Å²) in [5, 5.41) is 10.4. The van der Waals surface area contributed by atoms with Crippen LogP contribution in [-0.4, -0.2) is 28.6 Å². The van der Waals surface area contributed by atoms with E-state index < -0.39 is 11.7 Å². The number of amides is 2. The Bertz CT molecular complexity index is 1040. The molecule has 1 N–H and O–H groups in total. The van der Waals surface area contributed by atoms with E-state index in [1.54, 1.807) is 4.90 Å². The zero-order valence-corrected chi connectivity index (χ0v) is 15.9. The molecule has 7 nitrogen and oxygen atoms in total. The molecule has 1 fully saturated rings. The lowest BCUT2D eigenvalue weighted by atomic mass is 10.1. The minimum atomic E-state index is -0.565. The Balaban J connectivity index is 1.41. The summed E-state index contributed by atoms with van der Waals surface area (Å²) in [6.07, 6.45) is -0.0395. The molecule has 1 saturated heterocycles. The standard InChI is InChI=1S/C20H16ClFN4O3/c21-15-7-4-8-16(22)14(15)10-17(27)23-20-25-24-19(29-20)12-9-18(28)26(11-12)13-5-2-1-3-6-13/h1-8,12H,9-11H2,(H,23,25,27)/t12-/m0/s1. The van der Waals surface area contributed by atoms with Crippen LogP contribution in [0.3, 0.4) is 0 Å². The van der Waals surface area contributed by atoms with Crippen LogP contribution in [0.5, 0.6) is 0 Å². The monoisotopic (exact) mass is 414 g/mol. The smallest absolute Gasteiger partial charge is 0.322 e. The molecule has 9 heteroatoms. The second-order valence-corrected chi connectivity index (χ2v) is 7.02. The zero-order valence-electron chi connectivity index (χ0n) is 15.1. The molecule has 148 valence electrons. The maximum Gasteiger partial charge on any atom is 0.322 e. The van der Waals surface area contributed by atoms with Gasteiger partial charge in [-0.3, -0.25) is 14.9 Å². The molecular formula is C20H16ClFN4O3. The first kappa shape index (κ1) is 19.1. The lowest BCUT2D eigenvalue weighted by Gasteiger charge is -2.15. The van der Waals surface area contributed by atoms with Gasteiger partial charge in [0.1, 0.15) is 5.82 Å². The molecule has 2 heterocycles. The van der Waals surface area contributed by atoms with Gasteiger partial charge >= 0.3 is 6.01 Å². The highest BCUT2D eigenvalue weighted by Crippen LogP contribution is 2.31. The molecule has 2 amide bonds. The second-order valence-electron chi connectivity index (χ2n) is 6.61. The van der Waals surface area contributed by atoms with Gasteiger partial charge in [0.25, 0.3) is 0 Å². The average molecular weight is 415 g/mol. The van der Waals surface area contributed by atoms with Crippen molar-refractivity contribution in [2.45, 2.75) is 18.8 Å². The number of para-hydroxylation sites is 1. The lowest BCUT2D eigenvalue weighted by molar-refractivity contribution is -0.117. The fourth-order valence-corrected chi connectivity index (χ4v) is 3.44. The van der Waals surface area contributed by atoms with E-state index in [1.807, 2.05) is 30.3 Å². The summed E-state index contributed by atoms with van der Waals surface area (Å²) >= 11 is 5.94.